The van der Waals surface area contributed by atoms with Gasteiger partial charge in [0.1, 0.15) is 5.82 Å². The van der Waals surface area contributed by atoms with Gasteiger partial charge in [-0.3, -0.25) is 0 Å². The molecule has 0 saturated heterocycles. The fourth-order valence-electron chi connectivity index (χ4n) is 1.89. The lowest BCUT2D eigenvalue weighted by atomic mass is 10.2. The van der Waals surface area contributed by atoms with Gasteiger partial charge in [-0.05, 0) is 35.9 Å². The average molecular weight is 373 g/mol. The maximum Gasteiger partial charge on any atom is 0.243 e. The van der Waals surface area contributed by atoms with Crippen LogP contribution in [-0.4, -0.2) is 19.8 Å². The van der Waals surface area contributed by atoms with Crippen LogP contribution in [-0.2, 0) is 16.6 Å². The normalized spacial score (nSPS) is 11.8. The number of sulfonamides is 1. The molecule has 2 N–H and O–H groups in total. The van der Waals surface area contributed by atoms with E-state index in [1.54, 1.807) is 0 Å². The van der Waals surface area contributed by atoms with E-state index >= 15 is 0 Å². The van der Waals surface area contributed by atoms with Crippen LogP contribution in [0.25, 0.3) is 0 Å². The average Bonchev–Trinajstić information content (AvgIpc) is 2.37. The highest BCUT2D eigenvalue weighted by Gasteiger charge is 2.22. The van der Waals surface area contributed by atoms with Crippen molar-refractivity contribution in [3.05, 3.63) is 58.3 Å². The predicted molar refractivity (Wildman–Crippen MR) is 83.6 cm³/mol. The summed E-state index contributed by atoms with van der Waals surface area (Å²) in [4.78, 5) is -0.155. The molecule has 112 valence electrons. The van der Waals surface area contributed by atoms with Gasteiger partial charge in [0.2, 0.25) is 10.0 Å². The van der Waals surface area contributed by atoms with E-state index in [1.165, 1.54) is 13.1 Å². The Morgan fingerprint density at radius 3 is 2.57 bits per heavy atom. The fourth-order valence-corrected chi connectivity index (χ4v) is 3.56. The topological polar surface area (TPSA) is 63.4 Å². The van der Waals surface area contributed by atoms with Gasteiger partial charge >= 0.3 is 0 Å². The van der Waals surface area contributed by atoms with E-state index in [2.05, 4.69) is 15.9 Å². The van der Waals surface area contributed by atoms with Crippen molar-refractivity contribution in [2.24, 2.45) is 0 Å². The third-order valence-electron chi connectivity index (χ3n) is 2.90. The van der Waals surface area contributed by atoms with Gasteiger partial charge in [-0.15, -0.1) is 0 Å². The second-order valence-corrected chi connectivity index (χ2v) is 7.57. The molecule has 0 fully saturated rings. The van der Waals surface area contributed by atoms with Crippen LogP contribution in [0.4, 0.5) is 10.1 Å². The zero-order valence-electron chi connectivity index (χ0n) is 11.3. The summed E-state index contributed by atoms with van der Waals surface area (Å²) in [6.07, 6.45) is 0. The third kappa shape index (κ3) is 3.81. The predicted octanol–water partition coefficient (Wildman–Crippen LogP) is 2.99. The van der Waals surface area contributed by atoms with Gasteiger partial charge in [0.05, 0.1) is 4.90 Å². The number of halogens is 2. The number of benzene rings is 2. The van der Waals surface area contributed by atoms with Crippen LogP contribution in [0.15, 0.2) is 51.8 Å². The molecule has 4 nitrogen and oxygen atoms in total. The lowest BCUT2D eigenvalue weighted by Gasteiger charge is -2.17. The number of anilines is 1. The summed E-state index contributed by atoms with van der Waals surface area (Å²) in [7, 11) is -2.36. The molecule has 0 unspecified atom stereocenters. The Bertz CT molecular complexity index is 745. The van der Waals surface area contributed by atoms with E-state index in [4.69, 9.17) is 5.73 Å². The third-order valence-corrected chi connectivity index (χ3v) is 5.17. The van der Waals surface area contributed by atoms with Gasteiger partial charge in [-0.25, -0.2) is 12.8 Å². The first-order valence-corrected chi connectivity index (χ1v) is 8.29. The van der Waals surface area contributed by atoms with E-state index < -0.39 is 15.8 Å². The van der Waals surface area contributed by atoms with Crippen LogP contribution >= 0.6 is 15.9 Å². The summed E-state index contributed by atoms with van der Waals surface area (Å²) >= 11 is 3.33. The number of rotatable bonds is 4. The highest BCUT2D eigenvalue weighted by Crippen LogP contribution is 2.21. The molecule has 0 heterocycles. The molecular formula is C14H14BrFN2O2S. The number of hydrogen-bond donors (Lipinski definition) is 1. The summed E-state index contributed by atoms with van der Waals surface area (Å²) in [5, 5.41) is 0. The molecule has 0 aromatic heterocycles. The van der Waals surface area contributed by atoms with E-state index in [-0.39, 0.29) is 17.1 Å². The van der Waals surface area contributed by atoms with E-state index in [0.29, 0.717) is 0 Å². The molecule has 0 saturated carbocycles. The Balaban J connectivity index is 2.30. The van der Waals surface area contributed by atoms with Crippen LogP contribution in [0.2, 0.25) is 0 Å². The van der Waals surface area contributed by atoms with Crippen molar-refractivity contribution < 1.29 is 12.8 Å². The standard InChI is InChI=1S/C14H14BrFN2O2S/c1-18(9-10-3-2-4-11(15)5-10)21(19,20)14-7-12(16)6-13(17)8-14/h2-8H,9,17H2,1H3. The summed E-state index contributed by atoms with van der Waals surface area (Å²) in [5.41, 5.74) is 6.39. The molecule has 0 aliphatic heterocycles. The minimum absolute atomic E-state index is 0.0735. The Hall–Kier alpha value is -1.44. The van der Waals surface area contributed by atoms with E-state index in [0.717, 1.165) is 26.5 Å². The molecule has 0 atom stereocenters. The molecule has 7 heteroatoms. The van der Waals surface area contributed by atoms with Crippen LogP contribution in [0, 0.1) is 5.82 Å². The van der Waals surface area contributed by atoms with Gasteiger partial charge in [0.15, 0.2) is 0 Å². The zero-order valence-corrected chi connectivity index (χ0v) is 13.7. The second kappa shape index (κ2) is 6.13. The highest BCUT2D eigenvalue weighted by atomic mass is 79.9. The van der Waals surface area contributed by atoms with Crippen LogP contribution in [0.5, 0.6) is 0 Å². The van der Waals surface area contributed by atoms with Crippen molar-refractivity contribution >= 4 is 31.6 Å². The Labute approximate surface area is 131 Å². The zero-order chi connectivity index (χ0) is 15.6. The summed E-state index contributed by atoms with van der Waals surface area (Å²) in [5.74, 6) is -0.676. The lowest BCUT2D eigenvalue weighted by Crippen LogP contribution is -2.26. The smallest absolute Gasteiger partial charge is 0.243 e. The molecule has 2 aromatic carbocycles. The molecule has 2 rings (SSSR count). The minimum atomic E-state index is -3.80. The van der Waals surface area contributed by atoms with Crippen molar-refractivity contribution in [1.29, 1.82) is 0 Å². The number of nitrogens with zero attached hydrogens (tertiary/aromatic N) is 1. The molecule has 0 aliphatic rings. The molecule has 0 radical (unpaired) electrons. The Kier molecular flexibility index (Phi) is 4.65. The molecule has 21 heavy (non-hydrogen) atoms. The second-order valence-electron chi connectivity index (χ2n) is 4.61. The monoisotopic (exact) mass is 372 g/mol. The van der Waals surface area contributed by atoms with Crippen molar-refractivity contribution in [3.63, 3.8) is 0 Å². The molecule has 0 amide bonds. The summed E-state index contributed by atoms with van der Waals surface area (Å²) in [6, 6.07) is 10.6. The van der Waals surface area contributed by atoms with Gasteiger partial charge in [0.25, 0.3) is 0 Å². The highest BCUT2D eigenvalue weighted by molar-refractivity contribution is 9.10. The molecular weight excluding hydrogens is 359 g/mol. The Morgan fingerprint density at radius 1 is 1.24 bits per heavy atom. The van der Waals surface area contributed by atoms with Crippen molar-refractivity contribution in [3.8, 4) is 0 Å². The first-order chi connectivity index (χ1) is 9.79. The molecule has 0 aliphatic carbocycles. The van der Waals surface area contributed by atoms with Gasteiger partial charge in [-0.2, -0.15) is 4.31 Å². The summed E-state index contributed by atoms with van der Waals surface area (Å²) < 4.78 is 40.2. The number of nitrogen functional groups attached to an aromatic ring is 1. The quantitative estimate of drug-likeness (QED) is 0.839. The van der Waals surface area contributed by atoms with Crippen molar-refractivity contribution in [2.45, 2.75) is 11.4 Å². The van der Waals surface area contributed by atoms with Gasteiger partial charge in [-0.1, -0.05) is 28.1 Å². The first-order valence-electron chi connectivity index (χ1n) is 6.06. The fraction of sp³-hybridized carbons (Fsp3) is 0.143. The van der Waals surface area contributed by atoms with Gasteiger partial charge in [0, 0.05) is 23.8 Å². The number of hydrogen-bond acceptors (Lipinski definition) is 3. The van der Waals surface area contributed by atoms with Crippen molar-refractivity contribution in [2.75, 3.05) is 12.8 Å². The van der Waals surface area contributed by atoms with Crippen LogP contribution in [0.3, 0.4) is 0 Å². The lowest BCUT2D eigenvalue weighted by molar-refractivity contribution is 0.466. The summed E-state index contributed by atoms with van der Waals surface area (Å²) in [6.45, 7) is 0.179. The first kappa shape index (κ1) is 15.9. The maximum absolute atomic E-state index is 13.3. The Morgan fingerprint density at radius 2 is 1.95 bits per heavy atom. The molecule has 2 aromatic rings. The largest absolute Gasteiger partial charge is 0.399 e. The molecule has 0 bridgehead atoms. The van der Waals surface area contributed by atoms with Gasteiger partial charge < -0.3 is 5.73 Å². The van der Waals surface area contributed by atoms with Crippen LogP contribution < -0.4 is 5.73 Å². The number of nitrogens with two attached hydrogens (primary N) is 1. The van der Waals surface area contributed by atoms with E-state index in [9.17, 15) is 12.8 Å². The molecule has 0 spiro atoms. The van der Waals surface area contributed by atoms with E-state index in [1.807, 2.05) is 24.3 Å². The van der Waals surface area contributed by atoms with Crippen LogP contribution in [0.1, 0.15) is 5.56 Å². The SMILES string of the molecule is CN(Cc1cccc(Br)c1)S(=O)(=O)c1cc(N)cc(F)c1. The maximum atomic E-state index is 13.3. The minimum Gasteiger partial charge on any atom is -0.399 e. The van der Waals surface area contributed by atoms with Crippen molar-refractivity contribution in [1.82, 2.24) is 4.31 Å².